The zero-order valence-electron chi connectivity index (χ0n) is 7.18. The number of hydrazine groups is 2. The van der Waals surface area contributed by atoms with E-state index in [0.29, 0.717) is 4.32 Å². The van der Waals surface area contributed by atoms with Crippen molar-refractivity contribution in [2.24, 2.45) is 0 Å². The number of hydrogen-bond acceptors (Lipinski definition) is 4. The van der Waals surface area contributed by atoms with Gasteiger partial charge < -0.3 is 24.8 Å². The standard InChI is InChI=1S/C5H13N3S2.Na/c1-3-6-8(5(9)10)7-4-2;/h6-7H,3-4H2,1-2H3,(H,9,10);/q;+1/p-1. The van der Waals surface area contributed by atoms with Crippen LogP contribution in [0.1, 0.15) is 13.8 Å². The van der Waals surface area contributed by atoms with E-state index in [4.69, 9.17) is 24.8 Å². The molecule has 0 rings (SSSR count). The maximum atomic E-state index is 4.76. The van der Waals surface area contributed by atoms with Gasteiger partial charge in [0.15, 0.2) is 0 Å². The molecule has 0 amide bonds. The number of rotatable bonds is 4. The first-order valence-electron chi connectivity index (χ1n) is 3.20. The number of nitrogens with zero attached hydrogens (tertiary/aromatic N) is 1. The summed E-state index contributed by atoms with van der Waals surface area (Å²) in [5.74, 6) is 0. The van der Waals surface area contributed by atoms with Crippen LogP contribution in [-0.2, 0) is 12.6 Å². The minimum absolute atomic E-state index is 0. The summed E-state index contributed by atoms with van der Waals surface area (Å²) < 4.78 is 0.392. The van der Waals surface area contributed by atoms with Gasteiger partial charge in [0, 0.05) is 13.1 Å². The Morgan fingerprint density at radius 1 is 1.36 bits per heavy atom. The zero-order chi connectivity index (χ0) is 7.98. The van der Waals surface area contributed by atoms with Crippen LogP contribution in [0.3, 0.4) is 0 Å². The molecule has 60 valence electrons. The van der Waals surface area contributed by atoms with Crippen LogP contribution in [0.15, 0.2) is 0 Å². The number of thiocarbonyl (C=S) groups is 1. The van der Waals surface area contributed by atoms with Gasteiger partial charge in [0.1, 0.15) is 0 Å². The molecule has 0 fully saturated rings. The van der Waals surface area contributed by atoms with E-state index in [1.807, 2.05) is 13.8 Å². The molecule has 6 heteroatoms. The van der Waals surface area contributed by atoms with Gasteiger partial charge in [-0.3, -0.25) is 5.12 Å². The monoisotopic (exact) mass is 201 g/mol. The number of hydrogen-bond donors (Lipinski definition) is 2. The molecule has 2 N–H and O–H groups in total. The fourth-order valence-corrected chi connectivity index (χ4v) is 0.759. The first-order chi connectivity index (χ1) is 4.72. The molecule has 0 aromatic rings. The van der Waals surface area contributed by atoms with Crippen molar-refractivity contribution in [2.75, 3.05) is 13.1 Å². The van der Waals surface area contributed by atoms with E-state index in [1.165, 1.54) is 0 Å². The van der Waals surface area contributed by atoms with Crippen molar-refractivity contribution in [3.05, 3.63) is 0 Å². The van der Waals surface area contributed by atoms with E-state index in [1.54, 1.807) is 5.12 Å². The Morgan fingerprint density at radius 2 is 1.73 bits per heavy atom. The molecule has 0 aromatic carbocycles. The second kappa shape index (κ2) is 9.12. The van der Waals surface area contributed by atoms with Gasteiger partial charge in [-0.25, -0.2) is 10.9 Å². The van der Waals surface area contributed by atoms with Crippen molar-refractivity contribution < 1.29 is 29.6 Å². The van der Waals surface area contributed by atoms with E-state index in [9.17, 15) is 0 Å². The summed E-state index contributed by atoms with van der Waals surface area (Å²) in [4.78, 5) is 0. The van der Waals surface area contributed by atoms with Crippen LogP contribution in [0.4, 0.5) is 0 Å². The fourth-order valence-electron chi connectivity index (χ4n) is 0.501. The largest absolute Gasteiger partial charge is 1.00 e. The zero-order valence-corrected chi connectivity index (χ0v) is 10.8. The Bertz CT molecular complexity index is 106. The molecule has 0 unspecified atom stereocenters. The Morgan fingerprint density at radius 3 is 1.91 bits per heavy atom. The molecule has 0 heterocycles. The Labute approximate surface area is 101 Å². The Hall–Kier alpha value is 1.03. The molecule has 11 heavy (non-hydrogen) atoms. The molecular weight excluding hydrogens is 189 g/mol. The third-order valence-electron chi connectivity index (χ3n) is 0.815. The van der Waals surface area contributed by atoms with Gasteiger partial charge in [-0.15, -0.1) is 0 Å². The van der Waals surface area contributed by atoms with Gasteiger partial charge in [0.25, 0.3) is 0 Å². The molecule has 0 bridgehead atoms. The van der Waals surface area contributed by atoms with Crippen LogP contribution in [0.5, 0.6) is 0 Å². The normalized spacial score (nSPS) is 8.55. The second-order valence-corrected chi connectivity index (χ2v) is 2.66. The van der Waals surface area contributed by atoms with Crippen molar-refractivity contribution >= 4 is 29.2 Å². The summed E-state index contributed by atoms with van der Waals surface area (Å²) in [5, 5.41) is 1.57. The molecule has 0 aliphatic carbocycles. The molecule has 0 radical (unpaired) electrons. The fraction of sp³-hybridized carbons (Fsp3) is 0.800. The molecule has 0 aromatic heterocycles. The Kier molecular flexibility index (Phi) is 12.1. The van der Waals surface area contributed by atoms with Gasteiger partial charge in [-0.2, -0.15) is 0 Å². The van der Waals surface area contributed by atoms with Crippen LogP contribution in [0.25, 0.3) is 0 Å². The Balaban J connectivity index is 0. The van der Waals surface area contributed by atoms with E-state index >= 15 is 0 Å². The van der Waals surface area contributed by atoms with E-state index in [-0.39, 0.29) is 29.6 Å². The summed E-state index contributed by atoms with van der Waals surface area (Å²) in [7, 11) is 0. The molecule has 0 aliphatic heterocycles. The van der Waals surface area contributed by atoms with Gasteiger partial charge in [0.05, 0.1) is 0 Å². The van der Waals surface area contributed by atoms with Crippen molar-refractivity contribution in [3.8, 4) is 0 Å². The maximum Gasteiger partial charge on any atom is 1.00 e. The summed E-state index contributed by atoms with van der Waals surface area (Å²) in [5.41, 5.74) is 5.92. The minimum atomic E-state index is 0. The van der Waals surface area contributed by atoms with E-state index in [0.717, 1.165) is 13.1 Å². The van der Waals surface area contributed by atoms with Gasteiger partial charge in [-0.05, 0) is 4.32 Å². The van der Waals surface area contributed by atoms with Crippen molar-refractivity contribution in [1.82, 2.24) is 16.0 Å². The van der Waals surface area contributed by atoms with E-state index < -0.39 is 0 Å². The van der Waals surface area contributed by atoms with Crippen molar-refractivity contribution in [2.45, 2.75) is 13.8 Å². The molecule has 3 nitrogen and oxygen atoms in total. The topological polar surface area (TPSA) is 27.3 Å². The molecular formula is C5H12N3NaS2. The molecule has 0 saturated heterocycles. The quantitative estimate of drug-likeness (QED) is 0.221. The first kappa shape index (κ1) is 14.5. The second-order valence-electron chi connectivity index (χ2n) is 1.62. The average molecular weight is 201 g/mol. The average Bonchev–Trinajstić information content (AvgIpc) is 1.87. The van der Waals surface area contributed by atoms with Crippen LogP contribution >= 0.6 is 12.2 Å². The van der Waals surface area contributed by atoms with Gasteiger partial charge in [0.2, 0.25) is 0 Å². The molecule has 0 saturated carbocycles. The third kappa shape index (κ3) is 7.39. The molecule has 0 spiro atoms. The van der Waals surface area contributed by atoms with Gasteiger partial charge >= 0.3 is 29.6 Å². The van der Waals surface area contributed by atoms with Crippen LogP contribution in [0.2, 0.25) is 0 Å². The van der Waals surface area contributed by atoms with Gasteiger partial charge in [-0.1, -0.05) is 13.8 Å². The first-order valence-corrected chi connectivity index (χ1v) is 4.02. The smallest absolute Gasteiger partial charge is 0.408 e. The predicted octanol–water partition coefficient (Wildman–Crippen LogP) is -2.83. The van der Waals surface area contributed by atoms with E-state index in [2.05, 4.69) is 10.9 Å². The van der Waals surface area contributed by atoms with Crippen LogP contribution < -0.4 is 40.4 Å². The van der Waals surface area contributed by atoms with Crippen LogP contribution in [-0.4, -0.2) is 22.5 Å². The van der Waals surface area contributed by atoms with Crippen molar-refractivity contribution in [1.29, 1.82) is 0 Å². The SMILES string of the molecule is CCNN(NCC)C(=S)[S-].[Na+]. The minimum Gasteiger partial charge on any atom is -0.408 e. The summed E-state index contributed by atoms with van der Waals surface area (Å²) in [6, 6.07) is 0. The van der Waals surface area contributed by atoms with Crippen molar-refractivity contribution in [3.63, 3.8) is 0 Å². The maximum absolute atomic E-state index is 4.76. The summed E-state index contributed by atoms with van der Waals surface area (Å²) in [6.45, 7) is 5.59. The van der Waals surface area contributed by atoms with Crippen LogP contribution in [0, 0.1) is 0 Å². The third-order valence-corrected chi connectivity index (χ3v) is 1.18. The number of nitrogens with one attached hydrogen (secondary N) is 2. The summed E-state index contributed by atoms with van der Waals surface area (Å²) >= 11 is 9.53. The molecule has 0 aliphatic rings. The molecule has 0 atom stereocenters. The predicted molar refractivity (Wildman–Crippen MR) is 49.2 cm³/mol. The summed E-state index contributed by atoms with van der Waals surface area (Å²) in [6.07, 6.45) is 0.